The van der Waals surface area contributed by atoms with Crippen LogP contribution in [0.2, 0.25) is 0 Å². The zero-order valence-corrected chi connectivity index (χ0v) is 18.0. The van der Waals surface area contributed by atoms with E-state index in [4.69, 9.17) is 4.74 Å². The second-order valence-corrected chi connectivity index (χ2v) is 9.57. The number of ether oxygens (including phenoxy) is 1. The quantitative estimate of drug-likeness (QED) is 0.660. The summed E-state index contributed by atoms with van der Waals surface area (Å²) < 4.78 is 30.9. The first-order valence-electron chi connectivity index (χ1n) is 9.60. The summed E-state index contributed by atoms with van der Waals surface area (Å²) >= 11 is 0. The molecule has 0 amide bonds. The van der Waals surface area contributed by atoms with Crippen LogP contribution in [0.25, 0.3) is 5.69 Å². The van der Waals surface area contributed by atoms with Gasteiger partial charge in [0.1, 0.15) is 11.6 Å². The Bertz CT molecular complexity index is 1160. The highest BCUT2D eigenvalue weighted by Gasteiger charge is 2.23. The SMILES string of the molecule is COc1cc(Nc2nc(C)cc(N3CCS(=O)(=O)CC3)n2)ccc1-n1cnc(C)c1. The highest BCUT2D eigenvalue weighted by molar-refractivity contribution is 7.91. The van der Waals surface area contributed by atoms with Crippen LogP contribution in [-0.4, -0.2) is 59.6 Å². The summed E-state index contributed by atoms with van der Waals surface area (Å²) in [4.78, 5) is 15.3. The molecule has 2 aromatic heterocycles. The number of rotatable bonds is 5. The van der Waals surface area contributed by atoms with Gasteiger partial charge in [-0.2, -0.15) is 4.98 Å². The first kappa shape index (κ1) is 20.1. The van der Waals surface area contributed by atoms with Crippen LogP contribution in [0.5, 0.6) is 5.75 Å². The van der Waals surface area contributed by atoms with E-state index in [1.54, 1.807) is 13.4 Å². The van der Waals surface area contributed by atoms with Crippen molar-refractivity contribution in [2.45, 2.75) is 13.8 Å². The standard InChI is InChI=1S/C20H24N6O3S/c1-14-10-19(25-6-8-30(27,28)9-7-25)24-20(22-14)23-16-4-5-17(18(11-16)29-3)26-12-15(2)21-13-26/h4-5,10-13H,6-9H2,1-3H3,(H,22,23,24). The maximum atomic E-state index is 11.7. The highest BCUT2D eigenvalue weighted by atomic mass is 32.2. The van der Waals surface area contributed by atoms with Gasteiger partial charge in [-0.25, -0.2) is 18.4 Å². The first-order chi connectivity index (χ1) is 14.3. The first-order valence-corrected chi connectivity index (χ1v) is 11.4. The molecule has 0 unspecified atom stereocenters. The normalized spacial score (nSPS) is 15.8. The number of aryl methyl sites for hydroxylation is 2. The van der Waals surface area contributed by atoms with Crippen molar-refractivity contribution in [1.82, 2.24) is 19.5 Å². The van der Waals surface area contributed by atoms with E-state index in [0.29, 0.717) is 24.8 Å². The summed E-state index contributed by atoms with van der Waals surface area (Å²) in [6.45, 7) is 4.70. The smallest absolute Gasteiger partial charge is 0.229 e. The van der Waals surface area contributed by atoms with E-state index in [2.05, 4.69) is 20.3 Å². The summed E-state index contributed by atoms with van der Waals surface area (Å²) in [5, 5.41) is 3.23. The van der Waals surface area contributed by atoms with Crippen molar-refractivity contribution < 1.29 is 13.2 Å². The van der Waals surface area contributed by atoms with Crippen LogP contribution in [0.3, 0.4) is 0 Å². The number of hydrogen-bond acceptors (Lipinski definition) is 8. The molecule has 1 fully saturated rings. The van der Waals surface area contributed by atoms with E-state index in [0.717, 1.165) is 28.6 Å². The number of nitrogens with one attached hydrogen (secondary N) is 1. The van der Waals surface area contributed by atoms with E-state index in [1.165, 1.54) is 0 Å². The zero-order valence-electron chi connectivity index (χ0n) is 17.2. The van der Waals surface area contributed by atoms with E-state index < -0.39 is 9.84 Å². The van der Waals surface area contributed by atoms with Crippen LogP contribution in [0.15, 0.2) is 36.8 Å². The molecule has 3 aromatic rings. The van der Waals surface area contributed by atoms with Crippen molar-refractivity contribution in [3.05, 3.63) is 48.2 Å². The van der Waals surface area contributed by atoms with E-state index in [1.807, 2.05) is 53.8 Å². The zero-order chi connectivity index (χ0) is 21.3. The Kier molecular flexibility index (Phi) is 5.33. The van der Waals surface area contributed by atoms with Crippen molar-refractivity contribution in [3.8, 4) is 11.4 Å². The van der Waals surface area contributed by atoms with Gasteiger partial charge in [-0.3, -0.25) is 0 Å². The number of benzene rings is 1. The molecule has 0 saturated carbocycles. The van der Waals surface area contributed by atoms with Gasteiger partial charge in [0, 0.05) is 42.8 Å². The number of hydrogen-bond donors (Lipinski definition) is 1. The van der Waals surface area contributed by atoms with Crippen LogP contribution in [-0.2, 0) is 9.84 Å². The Morgan fingerprint density at radius 1 is 1.07 bits per heavy atom. The number of anilines is 3. The Morgan fingerprint density at radius 2 is 1.83 bits per heavy atom. The predicted octanol–water partition coefficient (Wildman–Crippen LogP) is 2.27. The van der Waals surface area contributed by atoms with Gasteiger partial charge in [0.05, 0.1) is 36.3 Å². The molecule has 3 heterocycles. The third-order valence-electron chi connectivity index (χ3n) is 4.93. The Morgan fingerprint density at radius 3 is 2.50 bits per heavy atom. The molecule has 4 rings (SSSR count). The summed E-state index contributed by atoms with van der Waals surface area (Å²) in [5.41, 5.74) is 3.38. The molecule has 0 radical (unpaired) electrons. The Labute approximate surface area is 175 Å². The lowest BCUT2D eigenvalue weighted by Gasteiger charge is -2.28. The molecule has 0 spiro atoms. The molecule has 158 valence electrons. The molecule has 1 saturated heterocycles. The maximum Gasteiger partial charge on any atom is 0.229 e. The van der Waals surface area contributed by atoms with Crippen molar-refractivity contribution in [3.63, 3.8) is 0 Å². The van der Waals surface area contributed by atoms with Gasteiger partial charge in [0.25, 0.3) is 0 Å². The number of sulfone groups is 1. The van der Waals surface area contributed by atoms with Crippen LogP contribution in [0.4, 0.5) is 17.5 Å². The van der Waals surface area contributed by atoms with Crippen LogP contribution >= 0.6 is 0 Å². The summed E-state index contributed by atoms with van der Waals surface area (Å²) in [6, 6.07) is 7.61. The molecule has 1 aliphatic rings. The fraction of sp³-hybridized carbons (Fsp3) is 0.350. The molecular formula is C20H24N6O3S. The van der Waals surface area contributed by atoms with Gasteiger partial charge >= 0.3 is 0 Å². The lowest BCUT2D eigenvalue weighted by Crippen LogP contribution is -2.40. The molecule has 1 aromatic carbocycles. The minimum Gasteiger partial charge on any atom is -0.494 e. The van der Waals surface area contributed by atoms with Crippen molar-refractivity contribution in [2.24, 2.45) is 0 Å². The third kappa shape index (κ3) is 4.38. The Balaban J connectivity index is 1.57. The van der Waals surface area contributed by atoms with Crippen LogP contribution < -0.4 is 15.0 Å². The molecule has 10 heteroatoms. The van der Waals surface area contributed by atoms with Crippen molar-refractivity contribution >= 4 is 27.3 Å². The monoisotopic (exact) mass is 428 g/mol. The van der Waals surface area contributed by atoms with Gasteiger partial charge in [0.15, 0.2) is 9.84 Å². The molecule has 9 nitrogen and oxygen atoms in total. The molecule has 30 heavy (non-hydrogen) atoms. The second-order valence-electron chi connectivity index (χ2n) is 7.26. The molecule has 1 aliphatic heterocycles. The summed E-state index contributed by atoms with van der Waals surface area (Å²) in [7, 11) is -1.32. The fourth-order valence-electron chi connectivity index (χ4n) is 3.36. The third-order valence-corrected chi connectivity index (χ3v) is 6.54. The van der Waals surface area contributed by atoms with Gasteiger partial charge < -0.3 is 19.5 Å². The minimum absolute atomic E-state index is 0.144. The topological polar surface area (TPSA) is 102 Å². The minimum atomic E-state index is -2.95. The molecule has 0 bridgehead atoms. The maximum absolute atomic E-state index is 11.7. The lowest BCUT2D eigenvalue weighted by atomic mass is 10.2. The van der Waals surface area contributed by atoms with Gasteiger partial charge in [-0.1, -0.05) is 0 Å². The predicted molar refractivity (Wildman–Crippen MR) is 116 cm³/mol. The van der Waals surface area contributed by atoms with Gasteiger partial charge in [-0.15, -0.1) is 0 Å². The molecule has 0 atom stereocenters. The highest BCUT2D eigenvalue weighted by Crippen LogP contribution is 2.28. The number of imidazole rings is 1. The molecule has 1 N–H and O–H groups in total. The van der Waals surface area contributed by atoms with Crippen molar-refractivity contribution in [2.75, 3.05) is 41.9 Å². The lowest BCUT2D eigenvalue weighted by molar-refractivity contribution is 0.413. The second kappa shape index (κ2) is 7.94. The van der Waals surface area contributed by atoms with Crippen LogP contribution in [0, 0.1) is 13.8 Å². The number of nitrogens with zero attached hydrogens (tertiary/aromatic N) is 5. The van der Waals surface area contributed by atoms with Crippen molar-refractivity contribution in [1.29, 1.82) is 0 Å². The summed E-state index contributed by atoms with van der Waals surface area (Å²) in [5.74, 6) is 2.15. The van der Waals surface area contributed by atoms with Crippen LogP contribution in [0.1, 0.15) is 11.4 Å². The number of aromatic nitrogens is 4. The number of methoxy groups -OCH3 is 1. The molecular weight excluding hydrogens is 404 g/mol. The summed E-state index contributed by atoms with van der Waals surface area (Å²) in [6.07, 6.45) is 3.68. The fourth-order valence-corrected chi connectivity index (χ4v) is 4.56. The van der Waals surface area contributed by atoms with Gasteiger partial charge in [-0.05, 0) is 26.0 Å². The largest absolute Gasteiger partial charge is 0.494 e. The Hall–Kier alpha value is -3.14. The average Bonchev–Trinajstić information content (AvgIpc) is 3.13. The van der Waals surface area contributed by atoms with Gasteiger partial charge in [0.2, 0.25) is 5.95 Å². The average molecular weight is 429 g/mol. The molecule has 0 aliphatic carbocycles. The van der Waals surface area contributed by atoms with E-state index in [-0.39, 0.29) is 11.5 Å². The van der Waals surface area contributed by atoms with E-state index >= 15 is 0 Å². The van der Waals surface area contributed by atoms with E-state index in [9.17, 15) is 8.42 Å².